The van der Waals surface area contributed by atoms with E-state index in [1.807, 2.05) is 0 Å². The third-order valence-corrected chi connectivity index (χ3v) is 3.37. The lowest BCUT2D eigenvalue weighted by atomic mass is 9.88. The lowest BCUT2D eigenvalue weighted by Crippen LogP contribution is -2.12. The molecule has 0 radical (unpaired) electrons. The first-order valence-electron chi connectivity index (χ1n) is 6.25. The van der Waals surface area contributed by atoms with Gasteiger partial charge >= 0.3 is 0 Å². The van der Waals surface area contributed by atoms with Gasteiger partial charge in [0.15, 0.2) is 0 Å². The number of nitrogens with zero attached hydrogens (tertiary/aromatic N) is 1. The maximum atomic E-state index is 4.70. The molecule has 1 aromatic heterocycles. The van der Waals surface area contributed by atoms with Crippen molar-refractivity contribution < 1.29 is 0 Å². The Hall–Kier alpha value is -0.790. The molecule has 0 saturated heterocycles. The Kier molecular flexibility index (Phi) is 3.13. The van der Waals surface area contributed by atoms with E-state index in [-0.39, 0.29) is 0 Å². The van der Waals surface area contributed by atoms with E-state index < -0.39 is 0 Å². The third kappa shape index (κ3) is 2.42. The van der Waals surface area contributed by atoms with Crippen LogP contribution in [0.2, 0.25) is 0 Å². The maximum absolute atomic E-state index is 4.70. The Bertz CT molecular complexity index is 325. The van der Waals surface area contributed by atoms with E-state index in [0.717, 1.165) is 12.3 Å². The predicted octanol–water partition coefficient (Wildman–Crippen LogP) is 3.12. The van der Waals surface area contributed by atoms with Crippen molar-refractivity contribution in [2.75, 3.05) is 0 Å². The molecule has 15 heavy (non-hydrogen) atoms. The average molecular weight is 206 g/mol. The molecular formula is C13H22N2. The fourth-order valence-electron chi connectivity index (χ4n) is 2.44. The van der Waals surface area contributed by atoms with Gasteiger partial charge in [0.1, 0.15) is 5.82 Å². The van der Waals surface area contributed by atoms with Crippen LogP contribution in [0.15, 0.2) is 0 Å². The highest BCUT2D eigenvalue weighted by Gasteiger charge is 2.20. The monoisotopic (exact) mass is 206 g/mol. The van der Waals surface area contributed by atoms with E-state index in [0.29, 0.717) is 5.92 Å². The Morgan fingerprint density at radius 3 is 2.93 bits per heavy atom. The highest BCUT2D eigenvalue weighted by atomic mass is 14.9. The zero-order valence-corrected chi connectivity index (χ0v) is 10.1. The number of aryl methyl sites for hydroxylation is 1. The fraction of sp³-hybridized carbons (Fsp3) is 0.769. The summed E-state index contributed by atoms with van der Waals surface area (Å²) < 4.78 is 0. The van der Waals surface area contributed by atoms with Gasteiger partial charge in [-0.3, -0.25) is 0 Å². The molecule has 0 aliphatic heterocycles. The molecule has 2 rings (SSSR count). The summed E-state index contributed by atoms with van der Waals surface area (Å²) in [6.45, 7) is 6.79. The van der Waals surface area contributed by atoms with Crippen LogP contribution in [0.1, 0.15) is 50.8 Å². The van der Waals surface area contributed by atoms with Gasteiger partial charge in [-0.1, -0.05) is 27.2 Å². The van der Waals surface area contributed by atoms with Crippen LogP contribution in [0.4, 0.5) is 0 Å². The minimum Gasteiger partial charge on any atom is -0.346 e. The zero-order valence-electron chi connectivity index (χ0n) is 10.1. The molecule has 0 aromatic carbocycles. The van der Waals surface area contributed by atoms with Crippen molar-refractivity contribution in [2.45, 2.75) is 52.9 Å². The van der Waals surface area contributed by atoms with E-state index in [2.05, 4.69) is 25.8 Å². The smallest absolute Gasteiger partial charge is 0.106 e. The Balaban J connectivity index is 2.11. The molecule has 0 fully saturated rings. The molecule has 0 amide bonds. The Morgan fingerprint density at radius 1 is 1.47 bits per heavy atom. The second kappa shape index (κ2) is 4.38. The number of fused-ring (bicyclic) bond motifs is 1. The van der Waals surface area contributed by atoms with Gasteiger partial charge in [-0.15, -0.1) is 0 Å². The normalized spacial score (nSPS) is 20.7. The minimum absolute atomic E-state index is 0.694. The van der Waals surface area contributed by atoms with E-state index >= 15 is 0 Å². The molecule has 1 aliphatic rings. The number of hydrogen-bond acceptors (Lipinski definition) is 1. The number of H-pyrrole nitrogens is 1. The van der Waals surface area contributed by atoms with Crippen LogP contribution in [0, 0.1) is 11.8 Å². The number of hydrogen-bond donors (Lipinski definition) is 1. The summed E-state index contributed by atoms with van der Waals surface area (Å²) in [5.41, 5.74) is 2.76. The number of imidazole rings is 1. The summed E-state index contributed by atoms with van der Waals surface area (Å²) in [5.74, 6) is 2.77. The van der Waals surface area contributed by atoms with Gasteiger partial charge in [-0.2, -0.15) is 0 Å². The Labute approximate surface area is 92.5 Å². The molecule has 0 saturated carbocycles. The van der Waals surface area contributed by atoms with Crippen LogP contribution >= 0.6 is 0 Å². The molecule has 0 bridgehead atoms. The number of aromatic nitrogens is 2. The standard InChI is InChI=1S/C13H22N2/c1-4-10-5-6-11-12(8-10)15-13(14-11)7-9(2)3/h9-10H,4-8H2,1-3H3,(H,14,15). The molecule has 1 N–H and O–H groups in total. The van der Waals surface area contributed by atoms with Gasteiger partial charge in [0, 0.05) is 12.1 Å². The molecule has 1 unspecified atom stereocenters. The second-order valence-electron chi connectivity index (χ2n) is 5.22. The van der Waals surface area contributed by atoms with Crippen molar-refractivity contribution in [3.05, 3.63) is 17.2 Å². The van der Waals surface area contributed by atoms with E-state index in [4.69, 9.17) is 4.98 Å². The first-order valence-corrected chi connectivity index (χ1v) is 6.25. The summed E-state index contributed by atoms with van der Waals surface area (Å²) in [6.07, 6.45) is 6.12. The number of rotatable bonds is 3. The lowest BCUT2D eigenvalue weighted by Gasteiger charge is -2.19. The molecule has 0 spiro atoms. The fourth-order valence-corrected chi connectivity index (χ4v) is 2.44. The third-order valence-electron chi connectivity index (χ3n) is 3.37. The maximum Gasteiger partial charge on any atom is 0.106 e. The Morgan fingerprint density at radius 2 is 2.27 bits per heavy atom. The van der Waals surface area contributed by atoms with Gasteiger partial charge in [-0.05, 0) is 31.1 Å². The van der Waals surface area contributed by atoms with Crippen LogP contribution in [-0.4, -0.2) is 9.97 Å². The van der Waals surface area contributed by atoms with Crippen molar-refractivity contribution in [3.63, 3.8) is 0 Å². The molecule has 1 aliphatic carbocycles. The molecular weight excluding hydrogens is 184 g/mol. The van der Waals surface area contributed by atoms with Gasteiger partial charge in [-0.25, -0.2) is 4.98 Å². The summed E-state index contributed by atoms with van der Waals surface area (Å²) in [5, 5.41) is 0. The summed E-state index contributed by atoms with van der Waals surface area (Å²) in [6, 6.07) is 0. The van der Waals surface area contributed by atoms with Crippen molar-refractivity contribution in [1.82, 2.24) is 9.97 Å². The van der Waals surface area contributed by atoms with Gasteiger partial charge in [0.2, 0.25) is 0 Å². The molecule has 1 atom stereocenters. The molecule has 2 nitrogen and oxygen atoms in total. The van der Waals surface area contributed by atoms with Gasteiger partial charge < -0.3 is 4.98 Å². The lowest BCUT2D eigenvalue weighted by molar-refractivity contribution is 0.438. The largest absolute Gasteiger partial charge is 0.346 e. The minimum atomic E-state index is 0.694. The molecule has 2 heteroatoms. The van der Waals surface area contributed by atoms with E-state index in [1.165, 1.54) is 42.9 Å². The van der Waals surface area contributed by atoms with Crippen molar-refractivity contribution in [2.24, 2.45) is 11.8 Å². The van der Waals surface area contributed by atoms with Gasteiger partial charge in [0.05, 0.1) is 5.69 Å². The predicted molar refractivity (Wildman–Crippen MR) is 62.9 cm³/mol. The molecule has 84 valence electrons. The summed E-state index contributed by atoms with van der Waals surface area (Å²) in [4.78, 5) is 8.22. The molecule has 1 aromatic rings. The molecule has 1 heterocycles. The van der Waals surface area contributed by atoms with Crippen LogP contribution < -0.4 is 0 Å². The van der Waals surface area contributed by atoms with Crippen molar-refractivity contribution >= 4 is 0 Å². The highest BCUT2D eigenvalue weighted by molar-refractivity contribution is 5.18. The SMILES string of the molecule is CCC1CCc2nc(CC(C)C)[nH]c2C1. The van der Waals surface area contributed by atoms with E-state index in [9.17, 15) is 0 Å². The van der Waals surface area contributed by atoms with Crippen LogP contribution in [0.25, 0.3) is 0 Å². The quantitative estimate of drug-likeness (QED) is 0.808. The van der Waals surface area contributed by atoms with Gasteiger partial charge in [0.25, 0.3) is 0 Å². The van der Waals surface area contributed by atoms with Crippen molar-refractivity contribution in [1.29, 1.82) is 0 Å². The first kappa shape index (κ1) is 10.7. The summed E-state index contributed by atoms with van der Waals surface area (Å²) in [7, 11) is 0. The average Bonchev–Trinajstić information content (AvgIpc) is 2.57. The van der Waals surface area contributed by atoms with Crippen LogP contribution in [0.5, 0.6) is 0 Å². The summed E-state index contributed by atoms with van der Waals surface area (Å²) >= 11 is 0. The van der Waals surface area contributed by atoms with E-state index in [1.54, 1.807) is 0 Å². The highest BCUT2D eigenvalue weighted by Crippen LogP contribution is 2.26. The first-order chi connectivity index (χ1) is 7.19. The topological polar surface area (TPSA) is 28.7 Å². The van der Waals surface area contributed by atoms with Crippen LogP contribution in [-0.2, 0) is 19.3 Å². The number of nitrogens with one attached hydrogen (secondary N) is 1. The zero-order chi connectivity index (χ0) is 10.8. The second-order valence-corrected chi connectivity index (χ2v) is 5.22. The van der Waals surface area contributed by atoms with Crippen LogP contribution in [0.3, 0.4) is 0 Å². The van der Waals surface area contributed by atoms with Crippen molar-refractivity contribution in [3.8, 4) is 0 Å². The number of aromatic amines is 1.